The summed E-state index contributed by atoms with van der Waals surface area (Å²) in [6.07, 6.45) is 3.66. The Morgan fingerprint density at radius 1 is 0.246 bits per heavy atom. The van der Waals surface area contributed by atoms with Gasteiger partial charge in [0, 0.05) is 69.0 Å². The van der Waals surface area contributed by atoms with Crippen molar-refractivity contribution in [2.45, 2.75) is 0 Å². The molecule has 0 fully saturated rings. The Kier molecular flexibility index (Phi) is 23.8. The largest absolute Gasteiger partial charge is 2.00 e. The number of hydrogen-bond donors (Lipinski definition) is 0. The van der Waals surface area contributed by atoms with Gasteiger partial charge < -0.3 is 23.7 Å². The van der Waals surface area contributed by atoms with E-state index in [9.17, 15) is 0 Å². The van der Waals surface area contributed by atoms with Gasteiger partial charge in [-0.05, 0) is 240 Å². The molecule has 0 spiro atoms. The van der Waals surface area contributed by atoms with Gasteiger partial charge in [0.1, 0.15) is 0 Å². The van der Waals surface area contributed by atoms with E-state index in [2.05, 4.69) is 357 Å². The summed E-state index contributed by atoms with van der Waals surface area (Å²) in [4.78, 5) is 29.2. The van der Waals surface area contributed by atoms with E-state index in [-0.39, 0.29) is 63.2 Å². The van der Waals surface area contributed by atoms with Crippen LogP contribution in [0.4, 0.5) is 0 Å². The van der Waals surface area contributed by atoms with Crippen LogP contribution in [0.2, 0.25) is 0 Å². The number of benzene rings is 12. The molecule has 0 atom stereocenters. The van der Waals surface area contributed by atoms with Crippen LogP contribution in [-0.4, -0.2) is 43.6 Å². The third kappa shape index (κ3) is 15.9. The van der Waals surface area contributed by atoms with Crippen LogP contribution >= 0.6 is 90.7 Å². The molecule has 0 bridgehead atoms. The third-order valence-electron chi connectivity index (χ3n) is 22.9. The topological polar surface area (TPSA) is 92.1 Å². The Labute approximate surface area is 822 Å². The second-order valence-corrected chi connectivity index (χ2v) is 37.5. The molecule has 14 heterocycles. The van der Waals surface area contributed by atoms with Crippen molar-refractivity contribution in [2.75, 3.05) is 0 Å². The van der Waals surface area contributed by atoms with Gasteiger partial charge in [0.25, 0.3) is 0 Å². The van der Waals surface area contributed by atoms with Crippen LogP contribution in [0.3, 0.4) is 0 Å². The Balaban J connectivity index is 0.000000117. The predicted octanol–water partition coefficient (Wildman–Crippen LogP) is 31.8. The minimum absolute atomic E-state index is 0. The maximum Gasteiger partial charge on any atom is 2.00 e. The van der Waals surface area contributed by atoms with Gasteiger partial charge in [0.05, 0.1) is 22.2 Å². The molecule has 0 aliphatic rings. The summed E-state index contributed by atoms with van der Waals surface area (Å²) in [6, 6.07) is 127. The molecule has 0 saturated carbocycles. The Morgan fingerprint density at radius 3 is 1.23 bits per heavy atom. The van der Waals surface area contributed by atoms with Crippen molar-refractivity contribution in [2.24, 2.45) is 0 Å². The van der Waals surface area contributed by atoms with Gasteiger partial charge >= 0.3 is 63.2 Å². The van der Waals surface area contributed by atoms with E-state index in [0.29, 0.717) is 0 Å². The molecular formula is C110H61N9Pt3S8. The smallest absolute Gasteiger partial charge is 0.346 e. The summed E-state index contributed by atoms with van der Waals surface area (Å²) in [5.74, 6) is 0. The van der Waals surface area contributed by atoms with E-state index in [4.69, 9.17) is 19.9 Å². The second kappa shape index (κ2) is 36.6. The molecule has 0 radical (unpaired) electrons. The third-order valence-corrected chi connectivity index (χ3v) is 29.5. The van der Waals surface area contributed by atoms with Crippen molar-refractivity contribution in [3.8, 4) is 138 Å². The predicted molar refractivity (Wildman–Crippen MR) is 537 cm³/mol. The summed E-state index contributed by atoms with van der Waals surface area (Å²) in [5.41, 5.74) is 32.4. The van der Waals surface area contributed by atoms with E-state index in [1.165, 1.54) is 63.6 Å². The minimum Gasteiger partial charge on any atom is -0.346 e. The minimum atomic E-state index is 0. The van der Waals surface area contributed by atoms with Crippen molar-refractivity contribution in [1.82, 2.24) is 43.6 Å². The molecule has 9 nitrogen and oxygen atoms in total. The normalized spacial score (nSPS) is 11.4. The molecule has 130 heavy (non-hydrogen) atoms. The second-order valence-electron chi connectivity index (χ2n) is 30.5. The van der Waals surface area contributed by atoms with Crippen molar-refractivity contribution >= 4 is 187 Å². The fourth-order valence-electron chi connectivity index (χ4n) is 16.9. The summed E-state index contributed by atoms with van der Waals surface area (Å²) in [7, 11) is 0. The fraction of sp³-hybridized carbons (Fsp3) is 0. The molecule has 0 amide bonds. The van der Waals surface area contributed by atoms with Gasteiger partial charge in [0.15, 0.2) is 0 Å². The Bertz CT molecular complexity index is 8510. The number of para-hydroxylation sites is 4. The molecule has 0 unspecified atom stereocenters. The number of nitrogens with zero attached hydrogens (tertiary/aromatic N) is 9. The van der Waals surface area contributed by atoms with Crippen LogP contribution in [0.5, 0.6) is 0 Å². The van der Waals surface area contributed by atoms with Crippen molar-refractivity contribution < 1.29 is 63.2 Å². The first-order valence-corrected chi connectivity index (χ1v) is 48.2. The SMILES string of the molecule is [Pt+2].[Pt+2].[Pt+2].[c-]1c(-c2cccc(-c3ccsc3)n2)cccc1-n1c2[c-]c(-c3nc4ccccc4s3)ccc2c2ccccc21.[c-]1c(-c2ccccn2)ccc(-c2ccsc2)c1-n1c2[c-]c(-c3nc4ccccc4s3)ccc2c2cc(-c3ccsc3)ccc21.[c-]1c(-c2ccccn2)cccc1-n1c2[c-]c(-c3nc4ccccc4s3)c(-c3ccsc3)cc2c2cc(-c3ccsc3)ccc21. The Hall–Kier alpha value is -12.3. The van der Waals surface area contributed by atoms with Crippen LogP contribution < -0.4 is 0 Å². The van der Waals surface area contributed by atoms with Gasteiger partial charge in [-0.3, -0.25) is 19.9 Å². The zero-order valence-electron chi connectivity index (χ0n) is 68.0. The first kappa shape index (κ1) is 84.6. The number of hydrogen-bond acceptors (Lipinski definition) is 14. The van der Waals surface area contributed by atoms with Crippen molar-refractivity contribution in [3.63, 3.8) is 0 Å². The van der Waals surface area contributed by atoms with E-state index in [0.717, 1.165) is 171 Å². The molecule has 26 aromatic rings. The molecule has 624 valence electrons. The number of thiophene rings is 5. The standard InChI is InChI=1S/2C38H21N3S3.C34H19N3S2.3Pt/c1-2-10-37-34(9-1)40-38(44-37)32-21-36-31(20-29(32)27-14-17-43-23-27)30-19-24(26-13-16-42-22-26)11-12-35(30)41(36)28-7-5-6-25(18-28)33-8-3-4-15-39-33;1-2-7-37-33(6-1)40-38(44-37)26-9-12-30-31-19-24(27-14-17-42-22-27)10-13-34(31)41(36(30)21-26)35-20-25(32-5-3-4-16-39-32)8-11-29(35)28-15-18-43-23-28;1-3-13-31-26(9-1)27-16-15-23(34-36-30-10-2-4-14-33(30)39-34)20-32(27)37(31)25-8-5-7-22(19-25)28-11-6-12-29(35-28)24-17-18-38-21-24;;;/h1-17,19-20,22-23H;1-19,22-23H;1-18,21H;;;/q3*-2;3*+2. The summed E-state index contributed by atoms with van der Waals surface area (Å²) in [6.45, 7) is 0. The fourth-order valence-corrected chi connectivity index (χ4v) is 23.1. The molecule has 14 aromatic heterocycles. The van der Waals surface area contributed by atoms with Gasteiger partial charge in [-0.15, -0.1) is 149 Å². The van der Waals surface area contributed by atoms with Gasteiger partial charge in [0.2, 0.25) is 0 Å². The zero-order valence-corrected chi connectivity index (χ0v) is 81.3. The number of aromatic nitrogens is 9. The maximum absolute atomic E-state index is 5.08. The summed E-state index contributed by atoms with van der Waals surface area (Å²) < 4.78 is 10.4. The van der Waals surface area contributed by atoms with E-state index in [1.54, 1.807) is 90.7 Å². The number of fused-ring (bicyclic) bond motifs is 12. The van der Waals surface area contributed by atoms with Crippen LogP contribution in [-0.2, 0) is 63.2 Å². The van der Waals surface area contributed by atoms with Crippen LogP contribution in [0, 0.1) is 36.4 Å². The number of pyridine rings is 3. The molecular weight excluding hydrogens is 2290 g/mol. The van der Waals surface area contributed by atoms with Gasteiger partial charge in [-0.1, -0.05) is 155 Å². The first-order valence-electron chi connectivity index (χ1n) is 41.1. The molecule has 12 aromatic carbocycles. The van der Waals surface area contributed by atoms with Gasteiger partial charge in [-0.25, -0.2) is 0 Å². The molecule has 0 aliphatic carbocycles. The molecule has 20 heteroatoms. The summed E-state index contributed by atoms with van der Waals surface area (Å²) >= 11 is 13.7. The Morgan fingerprint density at radius 2 is 0.677 bits per heavy atom. The van der Waals surface area contributed by atoms with Crippen molar-refractivity contribution in [3.05, 3.63) is 400 Å². The van der Waals surface area contributed by atoms with Crippen LogP contribution in [0.25, 0.3) is 234 Å². The van der Waals surface area contributed by atoms with Crippen LogP contribution in [0.15, 0.2) is 363 Å². The molecule has 0 N–H and O–H groups in total. The quantitative estimate of drug-likeness (QED) is 0.101. The van der Waals surface area contributed by atoms with E-state index >= 15 is 0 Å². The number of thiazole rings is 3. The first-order chi connectivity index (χ1) is 62.9. The maximum atomic E-state index is 5.08. The monoisotopic (exact) mass is 2350 g/mol. The average molecular weight is 2350 g/mol. The average Bonchev–Trinajstić information content (AvgIpc) is 1.61. The molecule has 0 saturated heterocycles. The van der Waals surface area contributed by atoms with E-state index < -0.39 is 0 Å². The summed E-state index contributed by atoms with van der Waals surface area (Å²) in [5, 5.41) is 31.5. The molecule has 26 rings (SSSR count). The number of rotatable bonds is 14. The van der Waals surface area contributed by atoms with Crippen LogP contribution in [0.1, 0.15) is 0 Å². The van der Waals surface area contributed by atoms with Gasteiger partial charge in [-0.2, -0.15) is 90.7 Å². The van der Waals surface area contributed by atoms with E-state index in [1.807, 2.05) is 67.0 Å². The van der Waals surface area contributed by atoms with Crippen molar-refractivity contribution in [1.29, 1.82) is 0 Å². The molecule has 0 aliphatic heterocycles. The zero-order chi connectivity index (χ0) is 83.8.